The van der Waals surface area contributed by atoms with Crippen molar-refractivity contribution in [2.75, 3.05) is 0 Å². The summed E-state index contributed by atoms with van der Waals surface area (Å²) in [7, 11) is 0. The number of halogens is 1. The highest BCUT2D eigenvalue weighted by Crippen LogP contribution is 2.17. The highest BCUT2D eigenvalue weighted by Gasteiger charge is 2.08. The van der Waals surface area contributed by atoms with Gasteiger partial charge in [0, 0.05) is 22.2 Å². The van der Waals surface area contributed by atoms with E-state index in [4.69, 9.17) is 0 Å². The molecule has 0 atom stereocenters. The lowest BCUT2D eigenvalue weighted by atomic mass is 10.1. The van der Waals surface area contributed by atoms with Crippen LogP contribution in [0.4, 0.5) is 0 Å². The molecule has 0 bridgehead atoms. The molecular weight excluding hydrogens is 286 g/mol. The average Bonchev–Trinajstić information content (AvgIpc) is 2.41. The summed E-state index contributed by atoms with van der Waals surface area (Å²) in [5.41, 5.74) is 3.77. The van der Waals surface area contributed by atoms with Gasteiger partial charge in [-0.3, -0.25) is 0 Å². The fourth-order valence-electron chi connectivity index (χ4n) is 1.99. The fourth-order valence-corrected chi connectivity index (χ4v) is 2.26. The molecule has 0 amide bonds. The summed E-state index contributed by atoms with van der Waals surface area (Å²) in [6.45, 7) is 5.31. The third kappa shape index (κ3) is 3.08. The summed E-state index contributed by atoms with van der Waals surface area (Å²) in [4.78, 5) is 0. The number of nitrogens with zero attached hydrogens (tertiary/aromatic N) is 1. The van der Waals surface area contributed by atoms with Gasteiger partial charge in [-0.05, 0) is 43.7 Å². The molecule has 1 heterocycles. The lowest BCUT2D eigenvalue weighted by Gasteiger charge is -2.02. The molecule has 0 fully saturated rings. The zero-order valence-corrected chi connectivity index (χ0v) is 12.3. The summed E-state index contributed by atoms with van der Waals surface area (Å²) in [6.07, 6.45) is 4.34. The second-order valence-corrected chi connectivity index (χ2v) is 5.17. The van der Waals surface area contributed by atoms with Gasteiger partial charge in [0.2, 0.25) is 5.69 Å². The van der Waals surface area contributed by atoms with Crippen LogP contribution in [0.25, 0.3) is 11.6 Å². The molecule has 0 spiro atoms. The van der Waals surface area contributed by atoms with E-state index in [2.05, 4.69) is 89.1 Å². The molecule has 92 valence electrons. The van der Waals surface area contributed by atoms with Gasteiger partial charge in [-0.15, -0.1) is 0 Å². The van der Waals surface area contributed by atoms with Crippen LogP contribution in [0.3, 0.4) is 0 Å². The van der Waals surface area contributed by atoms with Crippen molar-refractivity contribution in [1.82, 2.24) is 0 Å². The molecule has 0 saturated carbocycles. The van der Waals surface area contributed by atoms with Crippen LogP contribution < -0.4 is 4.57 Å². The molecule has 0 radical (unpaired) electrons. The first-order valence-corrected chi connectivity index (χ1v) is 6.92. The molecule has 1 aromatic carbocycles. The van der Waals surface area contributed by atoms with Crippen LogP contribution in [0, 0.1) is 0 Å². The highest BCUT2D eigenvalue weighted by molar-refractivity contribution is 9.10. The van der Waals surface area contributed by atoms with E-state index in [0.717, 1.165) is 11.0 Å². The Kier molecular flexibility index (Phi) is 4.32. The van der Waals surface area contributed by atoms with E-state index in [0.29, 0.717) is 0 Å². The maximum absolute atomic E-state index is 3.45. The standard InChI is InChI=1S/C16H17BrN/c1-3-18-11-5-4-6-16(18)13(2)12-14-7-9-15(17)10-8-14/h4-12H,3H2,1-2H3/q+1. The summed E-state index contributed by atoms with van der Waals surface area (Å²) >= 11 is 3.45. The van der Waals surface area contributed by atoms with Crippen molar-refractivity contribution in [3.63, 3.8) is 0 Å². The molecule has 0 aliphatic rings. The van der Waals surface area contributed by atoms with Gasteiger partial charge >= 0.3 is 0 Å². The quantitative estimate of drug-likeness (QED) is 0.744. The number of benzene rings is 1. The van der Waals surface area contributed by atoms with E-state index < -0.39 is 0 Å². The van der Waals surface area contributed by atoms with E-state index in [-0.39, 0.29) is 0 Å². The first-order chi connectivity index (χ1) is 8.70. The van der Waals surface area contributed by atoms with Crippen molar-refractivity contribution in [2.45, 2.75) is 20.4 Å². The Labute approximate surface area is 117 Å². The van der Waals surface area contributed by atoms with Crippen molar-refractivity contribution in [1.29, 1.82) is 0 Å². The number of aryl methyl sites for hydroxylation is 1. The van der Waals surface area contributed by atoms with E-state index >= 15 is 0 Å². The first kappa shape index (κ1) is 13.0. The molecule has 0 aliphatic heterocycles. The number of allylic oxidation sites excluding steroid dienone is 1. The molecule has 1 nitrogen and oxygen atoms in total. The van der Waals surface area contributed by atoms with E-state index in [1.165, 1.54) is 16.8 Å². The van der Waals surface area contributed by atoms with E-state index in [1.807, 2.05) is 0 Å². The van der Waals surface area contributed by atoms with Crippen LogP contribution in [0.2, 0.25) is 0 Å². The summed E-state index contributed by atoms with van der Waals surface area (Å²) in [5, 5.41) is 0. The van der Waals surface area contributed by atoms with Gasteiger partial charge in [-0.2, -0.15) is 4.57 Å². The summed E-state index contributed by atoms with van der Waals surface area (Å²) in [6, 6.07) is 14.7. The van der Waals surface area contributed by atoms with Crippen molar-refractivity contribution < 1.29 is 4.57 Å². The zero-order valence-electron chi connectivity index (χ0n) is 10.7. The van der Waals surface area contributed by atoms with Gasteiger partial charge in [-0.1, -0.05) is 28.1 Å². The first-order valence-electron chi connectivity index (χ1n) is 6.13. The summed E-state index contributed by atoms with van der Waals surface area (Å²) in [5.74, 6) is 0. The monoisotopic (exact) mass is 302 g/mol. The molecule has 2 heteroatoms. The Morgan fingerprint density at radius 3 is 2.56 bits per heavy atom. The molecule has 1 aromatic heterocycles. The number of pyridine rings is 1. The van der Waals surface area contributed by atoms with E-state index in [1.54, 1.807) is 0 Å². The van der Waals surface area contributed by atoms with Crippen molar-refractivity contribution in [3.8, 4) is 0 Å². The molecular formula is C16H17BrN+. The minimum Gasteiger partial charge on any atom is -0.199 e. The zero-order chi connectivity index (χ0) is 13.0. The summed E-state index contributed by atoms with van der Waals surface area (Å²) < 4.78 is 3.37. The van der Waals surface area contributed by atoms with Crippen LogP contribution in [-0.2, 0) is 6.54 Å². The minimum absolute atomic E-state index is 0.988. The smallest absolute Gasteiger partial charge is 0.199 e. The highest BCUT2D eigenvalue weighted by atomic mass is 79.9. The maximum Gasteiger partial charge on any atom is 0.208 e. The van der Waals surface area contributed by atoms with Crippen molar-refractivity contribution in [2.24, 2.45) is 0 Å². The second kappa shape index (κ2) is 5.96. The molecule has 0 saturated heterocycles. The topological polar surface area (TPSA) is 3.88 Å². The van der Waals surface area contributed by atoms with Gasteiger partial charge in [-0.25, -0.2) is 0 Å². The molecule has 2 rings (SSSR count). The molecule has 0 aliphatic carbocycles. The Morgan fingerprint density at radius 1 is 1.17 bits per heavy atom. The normalized spacial score (nSPS) is 11.6. The molecule has 2 aromatic rings. The lowest BCUT2D eigenvalue weighted by Crippen LogP contribution is -2.35. The van der Waals surface area contributed by atoms with Crippen LogP contribution in [0.1, 0.15) is 25.1 Å². The Bertz CT molecular complexity index is 556. The van der Waals surface area contributed by atoms with Gasteiger partial charge < -0.3 is 0 Å². The number of rotatable bonds is 3. The van der Waals surface area contributed by atoms with Crippen LogP contribution in [0.15, 0.2) is 53.1 Å². The van der Waals surface area contributed by atoms with Crippen LogP contribution in [-0.4, -0.2) is 0 Å². The molecule has 0 unspecified atom stereocenters. The number of aromatic nitrogens is 1. The second-order valence-electron chi connectivity index (χ2n) is 4.25. The molecule has 18 heavy (non-hydrogen) atoms. The Morgan fingerprint density at radius 2 is 1.89 bits per heavy atom. The predicted molar refractivity (Wildman–Crippen MR) is 80.0 cm³/mol. The third-order valence-corrected chi connectivity index (χ3v) is 3.47. The SMILES string of the molecule is CC[n+]1ccccc1C(C)=Cc1ccc(Br)cc1. The Hall–Kier alpha value is -1.41. The average molecular weight is 303 g/mol. The third-order valence-electron chi connectivity index (χ3n) is 2.94. The van der Waals surface area contributed by atoms with Crippen molar-refractivity contribution >= 4 is 27.6 Å². The Balaban J connectivity index is 2.35. The fraction of sp³-hybridized carbons (Fsp3) is 0.188. The van der Waals surface area contributed by atoms with Gasteiger partial charge in [0.25, 0.3) is 0 Å². The van der Waals surface area contributed by atoms with Gasteiger partial charge in [0.15, 0.2) is 6.20 Å². The van der Waals surface area contributed by atoms with Crippen LogP contribution >= 0.6 is 15.9 Å². The molecule has 0 N–H and O–H groups in total. The van der Waals surface area contributed by atoms with Gasteiger partial charge in [0.1, 0.15) is 6.54 Å². The maximum atomic E-state index is 3.45. The predicted octanol–water partition coefficient (Wildman–Crippen LogP) is 4.32. The number of hydrogen-bond acceptors (Lipinski definition) is 0. The van der Waals surface area contributed by atoms with Crippen molar-refractivity contribution in [3.05, 3.63) is 64.4 Å². The van der Waals surface area contributed by atoms with E-state index in [9.17, 15) is 0 Å². The van der Waals surface area contributed by atoms with Crippen LogP contribution in [0.5, 0.6) is 0 Å². The number of hydrogen-bond donors (Lipinski definition) is 0. The van der Waals surface area contributed by atoms with Gasteiger partial charge in [0.05, 0.1) is 0 Å². The lowest BCUT2D eigenvalue weighted by molar-refractivity contribution is -0.695. The minimum atomic E-state index is 0.988. The largest absolute Gasteiger partial charge is 0.208 e.